The van der Waals surface area contributed by atoms with Crippen LogP contribution in [-0.2, 0) is 10.1 Å². The van der Waals surface area contributed by atoms with Gasteiger partial charge in [0.2, 0.25) is 0 Å². The zero-order valence-corrected chi connectivity index (χ0v) is 25.4. The maximum atomic E-state index is 13.4. The van der Waals surface area contributed by atoms with Crippen LogP contribution in [0.25, 0.3) is 10.8 Å². The maximum Gasteiger partial charge on any atom is 1.00 e. The van der Waals surface area contributed by atoms with E-state index in [0.29, 0.717) is 28.7 Å². The number of hydrogen-bond acceptors (Lipinski definition) is 7. The van der Waals surface area contributed by atoms with E-state index in [-0.39, 0.29) is 62.2 Å². The van der Waals surface area contributed by atoms with E-state index < -0.39 is 26.7 Å². The molecule has 4 rings (SSSR count). The van der Waals surface area contributed by atoms with Crippen molar-refractivity contribution in [3.05, 3.63) is 81.8 Å². The molecule has 0 saturated carbocycles. The molecule has 0 aliphatic rings. The fraction of sp³-hybridized carbons (Fsp3) is 0.115. The third-order valence-corrected chi connectivity index (χ3v) is 7.29. The van der Waals surface area contributed by atoms with Gasteiger partial charge in [-0.05, 0) is 55.1 Å². The number of anilines is 1. The van der Waals surface area contributed by atoms with Gasteiger partial charge in [0.05, 0.1) is 33.7 Å². The van der Waals surface area contributed by atoms with Crippen molar-refractivity contribution in [2.45, 2.75) is 18.7 Å². The summed E-state index contributed by atoms with van der Waals surface area (Å²) in [4.78, 5) is 12.6. The van der Waals surface area contributed by atoms with Crippen molar-refractivity contribution in [1.82, 2.24) is 0 Å². The average Bonchev–Trinajstić information content (AvgIpc) is 2.86. The first kappa shape index (κ1) is 30.8. The molecule has 0 spiro atoms. The van der Waals surface area contributed by atoms with Gasteiger partial charge in [-0.3, -0.25) is 9.35 Å². The number of nitrogens with one attached hydrogen (secondary N) is 1. The second kappa shape index (κ2) is 12.6. The van der Waals surface area contributed by atoms with Gasteiger partial charge in [-0.15, -0.1) is 0 Å². The molecule has 0 bridgehead atoms. The number of hydrogen-bond donors (Lipinski definition) is 2. The third-order valence-electron chi connectivity index (χ3n) is 5.47. The molecule has 0 fully saturated rings. The summed E-state index contributed by atoms with van der Waals surface area (Å²) in [7, 11) is -4.63. The van der Waals surface area contributed by atoms with Gasteiger partial charge in [-0.2, -0.15) is 18.6 Å². The Labute approximate surface area is 256 Å². The molecule has 0 atom stereocenters. The van der Waals surface area contributed by atoms with E-state index in [1.165, 1.54) is 19.1 Å². The number of fused-ring (bicyclic) bond motifs is 1. The van der Waals surface area contributed by atoms with Crippen LogP contribution in [-0.4, -0.2) is 25.5 Å². The van der Waals surface area contributed by atoms with Crippen molar-refractivity contribution in [3.8, 4) is 11.5 Å². The van der Waals surface area contributed by atoms with Gasteiger partial charge in [-0.1, -0.05) is 53.2 Å². The van der Waals surface area contributed by atoms with Gasteiger partial charge in [0.1, 0.15) is 10.6 Å². The van der Waals surface area contributed by atoms with Gasteiger partial charge in [0, 0.05) is 17.0 Å². The van der Waals surface area contributed by atoms with E-state index in [1.807, 2.05) is 6.92 Å². The monoisotopic (exact) mass is 595 g/mol. The number of nitrogens with zero attached hydrogens (tertiary/aromatic N) is 2. The molecule has 2 N–H and O–H groups in total. The van der Waals surface area contributed by atoms with Crippen molar-refractivity contribution in [2.24, 2.45) is 10.2 Å². The summed E-state index contributed by atoms with van der Waals surface area (Å²) in [5, 5.41) is 25.2. The van der Waals surface area contributed by atoms with Crippen LogP contribution in [0.4, 0.5) is 17.1 Å². The molecule has 0 aromatic heterocycles. The van der Waals surface area contributed by atoms with E-state index in [2.05, 4.69) is 15.5 Å². The number of rotatable bonds is 7. The second-order valence-corrected chi connectivity index (χ2v) is 10.3. The first-order valence-electron chi connectivity index (χ1n) is 11.2. The van der Waals surface area contributed by atoms with Crippen molar-refractivity contribution in [1.29, 1.82) is 0 Å². The van der Waals surface area contributed by atoms with Crippen LogP contribution in [0.2, 0.25) is 10.0 Å². The SMILES string of the molecule is CCOc1ccc(Cl)c(NC(=O)c2cc3ccccc3c(N=Nc3cc(C)c(Cl)c(S(=O)(=O)O)c3)c2[O-])c1.[Na+]. The molecular formula is C26H20Cl2N3NaO6S. The van der Waals surface area contributed by atoms with Crippen LogP contribution in [0, 0.1) is 6.92 Å². The Kier molecular flexibility index (Phi) is 10.0. The molecule has 0 unspecified atom stereocenters. The first-order chi connectivity index (χ1) is 18.0. The molecule has 39 heavy (non-hydrogen) atoms. The number of carbonyl (C=O) groups is 1. The van der Waals surface area contributed by atoms with Crippen molar-refractivity contribution in [2.75, 3.05) is 11.9 Å². The Balaban J connectivity index is 0.00000420. The summed E-state index contributed by atoms with van der Waals surface area (Å²) in [6.07, 6.45) is 0. The minimum Gasteiger partial charge on any atom is -0.870 e. The largest absolute Gasteiger partial charge is 1.00 e. The third kappa shape index (κ3) is 6.90. The molecule has 0 radical (unpaired) electrons. The zero-order chi connectivity index (χ0) is 27.6. The predicted molar refractivity (Wildman–Crippen MR) is 144 cm³/mol. The van der Waals surface area contributed by atoms with Crippen LogP contribution >= 0.6 is 23.2 Å². The predicted octanol–water partition coefficient (Wildman–Crippen LogP) is 3.85. The second-order valence-electron chi connectivity index (χ2n) is 8.10. The Morgan fingerprint density at radius 1 is 1.08 bits per heavy atom. The summed E-state index contributed by atoms with van der Waals surface area (Å²) >= 11 is 12.2. The van der Waals surface area contributed by atoms with Crippen LogP contribution in [0.15, 0.2) is 75.8 Å². The molecule has 1 amide bonds. The number of amides is 1. The molecule has 13 heteroatoms. The summed E-state index contributed by atoms with van der Waals surface area (Å²) < 4.78 is 38.3. The Morgan fingerprint density at radius 2 is 1.79 bits per heavy atom. The number of carbonyl (C=O) groups excluding carboxylic acids is 1. The van der Waals surface area contributed by atoms with E-state index in [4.69, 9.17) is 27.9 Å². The molecular weight excluding hydrogens is 576 g/mol. The molecule has 4 aromatic carbocycles. The van der Waals surface area contributed by atoms with Crippen LogP contribution in [0.1, 0.15) is 22.8 Å². The number of aryl methyl sites for hydroxylation is 1. The molecule has 0 aliphatic heterocycles. The van der Waals surface area contributed by atoms with Crippen LogP contribution < -0.4 is 44.7 Å². The van der Waals surface area contributed by atoms with Gasteiger partial charge in [0.15, 0.2) is 0 Å². The van der Waals surface area contributed by atoms with Gasteiger partial charge < -0.3 is 15.2 Å². The average molecular weight is 596 g/mol. The Hall–Kier alpha value is -2.70. The number of benzene rings is 4. The van der Waals surface area contributed by atoms with E-state index in [1.54, 1.807) is 42.5 Å². The minimum absolute atomic E-state index is 0. The van der Waals surface area contributed by atoms with Crippen molar-refractivity contribution < 1.29 is 57.2 Å². The number of halogens is 2. The quantitative estimate of drug-likeness (QED) is 0.189. The standard InChI is InChI=1S/C26H21Cl2N3O6S.Na/c1-3-37-17-8-9-20(27)21(13-17)29-26(33)19-11-15-6-4-5-7-18(15)24(25(19)32)31-30-16-10-14(2)23(28)22(12-16)38(34,35)36;/h4-13,32H,3H2,1-2H3,(H,29,33)(H,34,35,36);/q;+1/p-1. The molecule has 0 saturated heterocycles. The smallest absolute Gasteiger partial charge is 0.870 e. The van der Waals surface area contributed by atoms with Gasteiger partial charge in [0.25, 0.3) is 16.0 Å². The summed E-state index contributed by atoms with van der Waals surface area (Å²) in [5.74, 6) is -0.934. The fourth-order valence-electron chi connectivity index (χ4n) is 3.70. The molecule has 196 valence electrons. The number of azo groups is 1. The van der Waals surface area contributed by atoms with Crippen LogP contribution in [0.3, 0.4) is 0 Å². The summed E-state index contributed by atoms with van der Waals surface area (Å²) in [6.45, 7) is 3.76. The maximum absolute atomic E-state index is 13.4. The summed E-state index contributed by atoms with van der Waals surface area (Å²) in [5.41, 5.74) is 0.261. The van der Waals surface area contributed by atoms with Gasteiger partial charge >= 0.3 is 29.6 Å². The van der Waals surface area contributed by atoms with Crippen molar-refractivity contribution >= 4 is 67.1 Å². The zero-order valence-electron chi connectivity index (χ0n) is 21.0. The molecule has 4 aromatic rings. The minimum atomic E-state index is -4.63. The first-order valence-corrected chi connectivity index (χ1v) is 13.3. The van der Waals surface area contributed by atoms with Crippen LogP contribution in [0.5, 0.6) is 11.5 Å². The fourth-order valence-corrected chi connectivity index (χ4v) is 4.92. The molecule has 9 nitrogen and oxygen atoms in total. The molecule has 0 aliphatic carbocycles. The molecule has 0 heterocycles. The Morgan fingerprint density at radius 3 is 2.49 bits per heavy atom. The van der Waals surface area contributed by atoms with E-state index >= 15 is 0 Å². The normalized spacial score (nSPS) is 11.4. The summed E-state index contributed by atoms with van der Waals surface area (Å²) in [6, 6.07) is 15.5. The Bertz CT molecular complexity index is 1710. The van der Waals surface area contributed by atoms with E-state index in [9.17, 15) is 22.9 Å². The topological polar surface area (TPSA) is 140 Å². The number of ether oxygens (including phenoxy) is 1. The van der Waals surface area contributed by atoms with E-state index in [0.717, 1.165) is 6.07 Å². The van der Waals surface area contributed by atoms with Gasteiger partial charge in [-0.25, -0.2) is 0 Å². The van der Waals surface area contributed by atoms with Crippen molar-refractivity contribution in [3.63, 3.8) is 0 Å².